The van der Waals surface area contributed by atoms with Gasteiger partial charge in [0.2, 0.25) is 0 Å². The maximum absolute atomic E-state index is 12.6. The molecule has 0 aromatic rings. The van der Waals surface area contributed by atoms with Crippen LogP contribution in [0.2, 0.25) is 0 Å². The van der Waals surface area contributed by atoms with Gasteiger partial charge in [-0.25, -0.2) is 0 Å². The van der Waals surface area contributed by atoms with Gasteiger partial charge in [-0.3, -0.25) is 24.0 Å². The van der Waals surface area contributed by atoms with Crippen LogP contribution in [0.5, 0.6) is 0 Å². The van der Waals surface area contributed by atoms with E-state index in [1.54, 1.807) is 0 Å². The molecule has 8 aliphatic rings. The number of rotatable bonds is 8. The Hall–Kier alpha value is -2.65. The Morgan fingerprint density at radius 1 is 0.756 bits per heavy atom. The lowest BCUT2D eigenvalue weighted by Gasteiger charge is -2.54. The second kappa shape index (κ2) is 11.0. The molecule has 8 rings (SSSR count). The first-order valence-electron chi connectivity index (χ1n) is 16.7. The molecule has 4 aliphatic heterocycles. The number of esters is 4. The number of ether oxygens (including phenoxy) is 5. The van der Waals surface area contributed by atoms with E-state index in [9.17, 15) is 24.0 Å². The van der Waals surface area contributed by atoms with Crippen LogP contribution in [0, 0.1) is 27.6 Å². The summed E-state index contributed by atoms with van der Waals surface area (Å²) in [6.45, 7) is 16.1. The summed E-state index contributed by atoms with van der Waals surface area (Å²) in [5.41, 5.74) is -3.61. The first kappa shape index (κ1) is 33.7. The second-order valence-electron chi connectivity index (χ2n) is 17.1. The topological polar surface area (TPSA) is 132 Å². The van der Waals surface area contributed by atoms with Crippen LogP contribution < -0.4 is 0 Å². The van der Waals surface area contributed by atoms with Gasteiger partial charge in [0, 0.05) is 44.9 Å². The number of hydrogen-bond donors (Lipinski definition) is 0. The number of carbonyl (C=O) groups is 5. The second-order valence-corrected chi connectivity index (χ2v) is 17.1. The van der Waals surface area contributed by atoms with Gasteiger partial charge in [-0.2, -0.15) is 0 Å². The summed E-state index contributed by atoms with van der Waals surface area (Å²) in [6.07, 6.45) is 7.15. The average molecular weight is 633 g/mol. The van der Waals surface area contributed by atoms with Crippen molar-refractivity contribution in [2.45, 2.75) is 161 Å². The predicted molar refractivity (Wildman–Crippen MR) is 161 cm³/mol. The molecule has 0 radical (unpaired) electrons. The number of fused-ring (bicyclic) bond motifs is 2. The lowest BCUT2D eigenvalue weighted by atomic mass is 9.53. The maximum atomic E-state index is 12.6. The maximum Gasteiger partial charge on any atom is 0.312 e. The lowest BCUT2D eigenvalue weighted by Crippen LogP contribution is -2.58. The molecule has 0 aromatic carbocycles. The van der Waals surface area contributed by atoms with Crippen LogP contribution in [-0.2, 0) is 47.7 Å². The van der Waals surface area contributed by atoms with Gasteiger partial charge in [0.1, 0.15) is 29.0 Å². The van der Waals surface area contributed by atoms with Crippen molar-refractivity contribution in [2.75, 3.05) is 0 Å². The molecule has 4 heterocycles. The molecule has 8 atom stereocenters. The molecule has 4 aliphatic carbocycles. The van der Waals surface area contributed by atoms with E-state index in [-0.39, 0.29) is 47.4 Å². The van der Waals surface area contributed by atoms with Gasteiger partial charge in [0.25, 0.3) is 6.47 Å². The predicted octanol–water partition coefficient (Wildman–Crippen LogP) is 5.76. The highest BCUT2D eigenvalue weighted by atomic mass is 16.6. The molecule has 45 heavy (non-hydrogen) atoms. The van der Waals surface area contributed by atoms with E-state index in [0.29, 0.717) is 57.8 Å². The fourth-order valence-electron chi connectivity index (χ4n) is 9.32. The largest absolute Gasteiger partial charge is 0.462 e. The van der Waals surface area contributed by atoms with Crippen LogP contribution in [0.1, 0.15) is 132 Å². The number of hydrogen-bond acceptors (Lipinski definition) is 10. The van der Waals surface area contributed by atoms with Gasteiger partial charge in [0.15, 0.2) is 0 Å². The van der Waals surface area contributed by atoms with Crippen LogP contribution in [0.4, 0.5) is 0 Å². The summed E-state index contributed by atoms with van der Waals surface area (Å²) < 4.78 is 28.6. The van der Waals surface area contributed by atoms with E-state index in [1.165, 1.54) is 0 Å². The van der Waals surface area contributed by atoms with Gasteiger partial charge in [-0.15, -0.1) is 0 Å². The fraction of sp³-hybridized carbons (Fsp3) is 0.857. The van der Waals surface area contributed by atoms with Crippen molar-refractivity contribution < 1.29 is 47.7 Å². The van der Waals surface area contributed by atoms with Crippen LogP contribution >= 0.6 is 0 Å². The Morgan fingerprint density at radius 2 is 1.29 bits per heavy atom. The molecule has 8 fully saturated rings. The van der Waals surface area contributed by atoms with E-state index in [0.717, 1.165) is 25.7 Å². The van der Waals surface area contributed by atoms with Crippen molar-refractivity contribution in [1.82, 2.24) is 0 Å². The summed E-state index contributed by atoms with van der Waals surface area (Å²) in [5.74, 6) is -1.16. The molecule has 10 nitrogen and oxygen atoms in total. The standard InChI is InChI=1S/C18H28O4.C17H24O6/c1-6-15(2,3)13(19)22-18-8-12-7-16(4,10-18)9-17(5,11-18)14(20)21-12;1-4-15(2,3)14(20)23-17-6-11-5-16(9-17,21-10-18)7-12(8-17)22-13(11)19/h12H,6-11H2,1-5H3;10-12H,4-9H2,1-3H3. The van der Waals surface area contributed by atoms with Crippen molar-refractivity contribution in [3.05, 3.63) is 0 Å². The zero-order valence-electron chi connectivity index (χ0n) is 28.4. The monoisotopic (exact) mass is 632 g/mol. The summed E-state index contributed by atoms with van der Waals surface area (Å²) in [7, 11) is 0. The third kappa shape index (κ3) is 6.23. The van der Waals surface area contributed by atoms with Crippen LogP contribution in [0.25, 0.3) is 0 Å². The van der Waals surface area contributed by atoms with Crippen molar-refractivity contribution in [3.8, 4) is 0 Å². The van der Waals surface area contributed by atoms with Crippen LogP contribution in [0.3, 0.4) is 0 Å². The zero-order chi connectivity index (χ0) is 33.3. The minimum atomic E-state index is -0.773. The SMILES string of the molecule is CCC(C)(C)C(=O)OC12CC3CC(C)(C1)CC(C)(C2)C(=O)O3.CCC(C)(C)C(=O)OC12CC3CC(OC=O)(CC(C1)C(=O)O3)C2. The first-order valence-corrected chi connectivity index (χ1v) is 16.7. The Morgan fingerprint density at radius 3 is 1.89 bits per heavy atom. The minimum absolute atomic E-state index is 0.0265. The van der Waals surface area contributed by atoms with Crippen molar-refractivity contribution in [2.24, 2.45) is 27.6 Å². The molecule has 0 N–H and O–H groups in total. The Kier molecular flexibility index (Phi) is 8.21. The normalized spacial score (nSPS) is 41.1. The quantitative estimate of drug-likeness (QED) is 0.185. The molecule has 4 saturated heterocycles. The van der Waals surface area contributed by atoms with E-state index >= 15 is 0 Å². The minimum Gasteiger partial charge on any atom is -0.462 e. The van der Waals surface area contributed by atoms with Gasteiger partial charge >= 0.3 is 23.9 Å². The van der Waals surface area contributed by atoms with Gasteiger partial charge < -0.3 is 23.7 Å². The molecule has 252 valence electrons. The Balaban J connectivity index is 0.000000178. The highest BCUT2D eigenvalue weighted by Crippen LogP contribution is 2.62. The van der Waals surface area contributed by atoms with Crippen LogP contribution in [-0.4, -0.2) is 59.4 Å². The molecular weight excluding hydrogens is 580 g/mol. The molecule has 0 amide bonds. The molecule has 4 saturated carbocycles. The molecule has 8 unspecified atom stereocenters. The Labute approximate surface area is 266 Å². The summed E-state index contributed by atoms with van der Waals surface area (Å²) in [6, 6.07) is 0. The molecule has 0 spiro atoms. The van der Waals surface area contributed by atoms with E-state index in [4.69, 9.17) is 23.7 Å². The van der Waals surface area contributed by atoms with E-state index < -0.39 is 33.0 Å². The van der Waals surface area contributed by atoms with Gasteiger partial charge in [-0.1, -0.05) is 20.8 Å². The summed E-state index contributed by atoms with van der Waals surface area (Å²) in [4.78, 5) is 60.8. The van der Waals surface area contributed by atoms with Crippen molar-refractivity contribution in [3.63, 3.8) is 0 Å². The average Bonchev–Trinajstić information content (AvgIpc) is 3.13. The van der Waals surface area contributed by atoms with Crippen molar-refractivity contribution >= 4 is 30.3 Å². The van der Waals surface area contributed by atoms with E-state index in [1.807, 2.05) is 48.5 Å². The summed E-state index contributed by atoms with van der Waals surface area (Å²) >= 11 is 0. The van der Waals surface area contributed by atoms with Gasteiger partial charge in [0.05, 0.1) is 22.2 Å². The highest BCUT2D eigenvalue weighted by molar-refractivity contribution is 5.79. The zero-order valence-corrected chi connectivity index (χ0v) is 28.4. The van der Waals surface area contributed by atoms with Crippen LogP contribution in [0.15, 0.2) is 0 Å². The summed E-state index contributed by atoms with van der Waals surface area (Å²) in [5, 5.41) is 0. The molecule has 0 aromatic heterocycles. The lowest BCUT2D eigenvalue weighted by molar-refractivity contribution is -0.208. The Bertz CT molecular complexity index is 1260. The fourth-order valence-corrected chi connectivity index (χ4v) is 9.32. The smallest absolute Gasteiger partial charge is 0.312 e. The molecular formula is C35H52O10. The third-order valence-electron chi connectivity index (χ3n) is 11.9. The molecule has 8 bridgehead atoms. The molecule has 10 heteroatoms. The highest BCUT2D eigenvalue weighted by Gasteiger charge is 2.65. The first-order chi connectivity index (χ1) is 20.7. The third-order valence-corrected chi connectivity index (χ3v) is 11.9. The van der Waals surface area contributed by atoms with E-state index in [2.05, 4.69) is 6.92 Å². The number of carbonyl (C=O) groups excluding carboxylic acids is 5. The van der Waals surface area contributed by atoms with Crippen molar-refractivity contribution in [1.29, 1.82) is 0 Å². The van der Waals surface area contributed by atoms with Gasteiger partial charge in [-0.05, 0) is 72.1 Å².